The second-order valence-corrected chi connectivity index (χ2v) is 7.61. The highest BCUT2D eigenvalue weighted by Gasteiger charge is 2.42. The maximum Gasteiger partial charge on any atom is 0.243 e. The van der Waals surface area contributed by atoms with Crippen molar-refractivity contribution in [3.63, 3.8) is 0 Å². The van der Waals surface area contributed by atoms with Gasteiger partial charge in [0.25, 0.3) is 0 Å². The summed E-state index contributed by atoms with van der Waals surface area (Å²) in [4.78, 5) is 0.0979. The SMILES string of the molecule is N#Cc1ccc(S(=O)(=O)N2CCC3(CC2)OCCO3)cc1Cl. The molecule has 1 aromatic carbocycles. The lowest BCUT2D eigenvalue weighted by molar-refractivity contribution is -0.179. The van der Waals surface area contributed by atoms with Crippen LogP contribution < -0.4 is 0 Å². The number of rotatable bonds is 2. The van der Waals surface area contributed by atoms with Crippen LogP contribution in [0.4, 0.5) is 0 Å². The Bertz CT molecular complexity index is 713. The molecular weight excluding hydrogens is 328 g/mol. The van der Waals surface area contributed by atoms with Crippen LogP contribution >= 0.6 is 11.6 Å². The highest BCUT2D eigenvalue weighted by Crippen LogP contribution is 2.33. The molecule has 0 aromatic heterocycles. The molecule has 2 heterocycles. The van der Waals surface area contributed by atoms with E-state index in [1.165, 1.54) is 22.5 Å². The van der Waals surface area contributed by atoms with Gasteiger partial charge in [0.05, 0.1) is 28.7 Å². The van der Waals surface area contributed by atoms with Crippen LogP contribution in [0, 0.1) is 11.3 Å². The highest BCUT2D eigenvalue weighted by molar-refractivity contribution is 7.89. The van der Waals surface area contributed by atoms with E-state index in [1.54, 1.807) is 0 Å². The third-order valence-electron chi connectivity index (χ3n) is 4.00. The molecule has 6 nitrogen and oxygen atoms in total. The maximum atomic E-state index is 12.6. The zero-order chi connectivity index (χ0) is 15.8. The Morgan fingerprint density at radius 3 is 2.41 bits per heavy atom. The summed E-state index contributed by atoms with van der Waals surface area (Å²) in [5.74, 6) is -0.617. The van der Waals surface area contributed by atoms with Crippen LogP contribution in [-0.4, -0.2) is 44.8 Å². The number of benzene rings is 1. The van der Waals surface area contributed by atoms with Crippen LogP contribution in [0.1, 0.15) is 18.4 Å². The molecule has 1 spiro atoms. The zero-order valence-electron chi connectivity index (χ0n) is 11.8. The number of hydrogen-bond donors (Lipinski definition) is 0. The van der Waals surface area contributed by atoms with Gasteiger partial charge in [0.1, 0.15) is 6.07 Å². The van der Waals surface area contributed by atoms with Gasteiger partial charge in [-0.05, 0) is 18.2 Å². The van der Waals surface area contributed by atoms with E-state index in [1.807, 2.05) is 6.07 Å². The fraction of sp³-hybridized carbons (Fsp3) is 0.500. The van der Waals surface area contributed by atoms with Crippen molar-refractivity contribution >= 4 is 21.6 Å². The topological polar surface area (TPSA) is 79.6 Å². The van der Waals surface area contributed by atoms with Gasteiger partial charge in [-0.1, -0.05) is 11.6 Å². The molecule has 2 aliphatic heterocycles. The standard InChI is InChI=1S/C14H15ClN2O4S/c15-13-9-12(2-1-11(13)10-16)22(18,19)17-5-3-14(4-6-17)20-7-8-21-14/h1-2,9H,3-8H2. The molecule has 1 aromatic rings. The van der Waals surface area contributed by atoms with Gasteiger partial charge in [-0.3, -0.25) is 0 Å². The monoisotopic (exact) mass is 342 g/mol. The molecule has 8 heteroatoms. The van der Waals surface area contributed by atoms with Crippen LogP contribution in [0.2, 0.25) is 5.02 Å². The van der Waals surface area contributed by atoms with E-state index in [-0.39, 0.29) is 15.5 Å². The summed E-state index contributed by atoms with van der Waals surface area (Å²) in [6.45, 7) is 1.77. The average molecular weight is 343 g/mol. The molecule has 0 amide bonds. The Kier molecular flexibility index (Phi) is 4.14. The minimum absolute atomic E-state index is 0.0979. The normalized spacial score (nSPS) is 21.8. The Hall–Kier alpha value is -1.17. The number of halogens is 1. The van der Waals surface area contributed by atoms with Gasteiger partial charge in [0.2, 0.25) is 10.0 Å². The molecule has 3 rings (SSSR count). The number of sulfonamides is 1. The van der Waals surface area contributed by atoms with Gasteiger partial charge in [-0.25, -0.2) is 8.42 Å². The van der Waals surface area contributed by atoms with E-state index in [0.29, 0.717) is 39.1 Å². The van der Waals surface area contributed by atoms with Gasteiger partial charge in [-0.2, -0.15) is 9.57 Å². The average Bonchev–Trinajstić information content (AvgIpc) is 2.95. The van der Waals surface area contributed by atoms with Crippen molar-refractivity contribution in [1.82, 2.24) is 4.31 Å². The quantitative estimate of drug-likeness (QED) is 0.817. The first-order valence-electron chi connectivity index (χ1n) is 6.95. The minimum atomic E-state index is -3.63. The molecule has 0 atom stereocenters. The number of nitriles is 1. The number of ether oxygens (including phenoxy) is 2. The Labute approximate surface area is 134 Å². The summed E-state index contributed by atoms with van der Waals surface area (Å²) in [6.07, 6.45) is 1.02. The lowest BCUT2D eigenvalue weighted by Gasteiger charge is -2.36. The van der Waals surface area contributed by atoms with Crippen LogP contribution in [0.25, 0.3) is 0 Å². The van der Waals surface area contributed by atoms with Gasteiger partial charge in [-0.15, -0.1) is 0 Å². The van der Waals surface area contributed by atoms with Crippen molar-refractivity contribution in [2.75, 3.05) is 26.3 Å². The fourth-order valence-electron chi connectivity index (χ4n) is 2.75. The van der Waals surface area contributed by atoms with Crippen molar-refractivity contribution in [1.29, 1.82) is 5.26 Å². The summed E-state index contributed by atoms with van der Waals surface area (Å²) >= 11 is 5.93. The van der Waals surface area contributed by atoms with Crippen LogP contribution in [0.3, 0.4) is 0 Å². The van der Waals surface area contributed by atoms with Crippen LogP contribution in [-0.2, 0) is 19.5 Å². The Morgan fingerprint density at radius 2 is 1.86 bits per heavy atom. The largest absolute Gasteiger partial charge is 0.347 e. The summed E-state index contributed by atoms with van der Waals surface area (Å²) in [5.41, 5.74) is 0.256. The molecule has 0 radical (unpaired) electrons. The van der Waals surface area contributed by atoms with E-state index < -0.39 is 15.8 Å². The third kappa shape index (κ3) is 2.73. The van der Waals surface area contributed by atoms with E-state index in [4.69, 9.17) is 26.3 Å². The zero-order valence-corrected chi connectivity index (χ0v) is 13.4. The maximum absolute atomic E-state index is 12.6. The molecule has 2 fully saturated rings. The third-order valence-corrected chi connectivity index (χ3v) is 6.20. The number of piperidine rings is 1. The Balaban J connectivity index is 1.79. The van der Waals surface area contributed by atoms with Gasteiger partial charge in [0, 0.05) is 25.9 Å². The molecule has 118 valence electrons. The van der Waals surface area contributed by atoms with Crippen molar-refractivity contribution in [2.45, 2.75) is 23.5 Å². The van der Waals surface area contributed by atoms with Gasteiger partial charge < -0.3 is 9.47 Å². The van der Waals surface area contributed by atoms with Crippen molar-refractivity contribution in [2.24, 2.45) is 0 Å². The molecule has 0 saturated carbocycles. The van der Waals surface area contributed by atoms with Crippen LogP contribution in [0.5, 0.6) is 0 Å². The molecule has 0 bridgehead atoms. The fourth-order valence-corrected chi connectivity index (χ4v) is 4.50. The first kappa shape index (κ1) is 15.7. The Morgan fingerprint density at radius 1 is 1.23 bits per heavy atom. The first-order valence-corrected chi connectivity index (χ1v) is 8.76. The van der Waals surface area contributed by atoms with Crippen molar-refractivity contribution < 1.29 is 17.9 Å². The van der Waals surface area contributed by atoms with E-state index >= 15 is 0 Å². The molecule has 22 heavy (non-hydrogen) atoms. The molecule has 2 saturated heterocycles. The number of hydrogen-bond acceptors (Lipinski definition) is 5. The second-order valence-electron chi connectivity index (χ2n) is 5.27. The minimum Gasteiger partial charge on any atom is -0.347 e. The van der Waals surface area contributed by atoms with Crippen molar-refractivity contribution in [3.05, 3.63) is 28.8 Å². The highest BCUT2D eigenvalue weighted by atomic mass is 35.5. The molecule has 2 aliphatic rings. The van der Waals surface area contributed by atoms with Gasteiger partial charge in [0.15, 0.2) is 5.79 Å². The number of nitrogens with zero attached hydrogens (tertiary/aromatic N) is 2. The summed E-state index contributed by atoms with van der Waals surface area (Å²) < 4.78 is 37.9. The van der Waals surface area contributed by atoms with Crippen molar-refractivity contribution in [3.8, 4) is 6.07 Å². The molecule has 0 aliphatic carbocycles. The summed E-state index contributed by atoms with van der Waals surface area (Å²) in [6, 6.07) is 6.06. The predicted octanol–water partition coefficient (Wildman–Crippen LogP) is 1.74. The lowest BCUT2D eigenvalue weighted by atomic mass is 10.1. The molecule has 0 N–H and O–H groups in total. The summed E-state index contributed by atoms with van der Waals surface area (Å²) in [7, 11) is -3.63. The first-order chi connectivity index (χ1) is 10.5. The predicted molar refractivity (Wildman–Crippen MR) is 78.8 cm³/mol. The van der Waals surface area contributed by atoms with E-state index in [0.717, 1.165) is 0 Å². The lowest BCUT2D eigenvalue weighted by Crippen LogP contribution is -2.47. The second kappa shape index (κ2) is 5.80. The van der Waals surface area contributed by atoms with E-state index in [9.17, 15) is 8.42 Å². The molecular formula is C14H15ClN2O4S. The van der Waals surface area contributed by atoms with E-state index in [2.05, 4.69) is 0 Å². The summed E-state index contributed by atoms with van der Waals surface area (Å²) in [5, 5.41) is 9.00. The molecule has 0 unspecified atom stereocenters. The van der Waals surface area contributed by atoms with Crippen LogP contribution in [0.15, 0.2) is 23.1 Å². The smallest absolute Gasteiger partial charge is 0.243 e. The van der Waals surface area contributed by atoms with Gasteiger partial charge >= 0.3 is 0 Å².